The minimum atomic E-state index is -0.702. The van der Waals surface area contributed by atoms with Crippen molar-refractivity contribution < 1.29 is 4.79 Å². The fourth-order valence-corrected chi connectivity index (χ4v) is 2.57. The van der Waals surface area contributed by atoms with Gasteiger partial charge in [-0.3, -0.25) is 4.79 Å². The average molecular weight is 347 g/mol. The number of nitrogens with two attached hydrogens (primary N) is 1. The Balaban J connectivity index is 2.27. The van der Waals surface area contributed by atoms with Gasteiger partial charge in [0.25, 0.3) is 5.91 Å². The Morgan fingerprint density at radius 3 is 2.57 bits per heavy atom. The maximum absolute atomic E-state index is 11.5. The number of benzene rings is 2. The fourth-order valence-electron chi connectivity index (χ4n) is 2.21. The standard InChI is InChI=1S/C16H12Cl2N4O/c1-9-5-6-12(18)8-13(9)22-16(20-15(21-22)14(19)23)10-3-2-4-11(17)7-10/h2-8H,1H3,(H2,19,23). The summed E-state index contributed by atoms with van der Waals surface area (Å²) < 4.78 is 1.55. The van der Waals surface area contributed by atoms with Gasteiger partial charge in [-0.2, -0.15) is 0 Å². The van der Waals surface area contributed by atoms with E-state index >= 15 is 0 Å². The Morgan fingerprint density at radius 1 is 1.13 bits per heavy atom. The van der Waals surface area contributed by atoms with Crippen LogP contribution in [0.2, 0.25) is 10.0 Å². The van der Waals surface area contributed by atoms with Crippen LogP contribution in [0.5, 0.6) is 0 Å². The van der Waals surface area contributed by atoms with Gasteiger partial charge < -0.3 is 5.73 Å². The summed E-state index contributed by atoms with van der Waals surface area (Å²) in [7, 11) is 0. The molecule has 0 aliphatic rings. The van der Waals surface area contributed by atoms with Crippen LogP contribution in [0.25, 0.3) is 17.1 Å². The number of amides is 1. The summed E-state index contributed by atoms with van der Waals surface area (Å²) in [5.41, 5.74) is 7.68. The summed E-state index contributed by atoms with van der Waals surface area (Å²) in [4.78, 5) is 15.7. The van der Waals surface area contributed by atoms with Gasteiger partial charge in [-0.05, 0) is 36.8 Å². The number of nitrogens with zero attached hydrogens (tertiary/aromatic N) is 3. The van der Waals surface area contributed by atoms with E-state index in [9.17, 15) is 4.79 Å². The van der Waals surface area contributed by atoms with Crippen molar-refractivity contribution in [2.45, 2.75) is 6.92 Å². The smallest absolute Gasteiger partial charge is 0.288 e. The molecule has 0 bridgehead atoms. The zero-order valence-electron chi connectivity index (χ0n) is 12.1. The van der Waals surface area contributed by atoms with Gasteiger partial charge in [-0.1, -0.05) is 41.4 Å². The molecular weight excluding hydrogens is 335 g/mol. The highest BCUT2D eigenvalue weighted by Gasteiger charge is 2.18. The molecule has 0 spiro atoms. The van der Waals surface area contributed by atoms with E-state index in [1.54, 1.807) is 35.0 Å². The number of aromatic nitrogens is 3. The first kappa shape index (κ1) is 15.5. The number of primary amides is 1. The van der Waals surface area contributed by atoms with Crippen LogP contribution >= 0.6 is 23.2 Å². The fraction of sp³-hybridized carbons (Fsp3) is 0.0625. The molecule has 1 heterocycles. The van der Waals surface area contributed by atoms with Crippen molar-refractivity contribution in [1.82, 2.24) is 14.8 Å². The monoisotopic (exact) mass is 346 g/mol. The van der Waals surface area contributed by atoms with Gasteiger partial charge >= 0.3 is 0 Å². The molecule has 0 unspecified atom stereocenters. The molecule has 23 heavy (non-hydrogen) atoms. The molecule has 0 radical (unpaired) electrons. The molecule has 0 saturated heterocycles. The van der Waals surface area contributed by atoms with E-state index in [2.05, 4.69) is 10.1 Å². The van der Waals surface area contributed by atoms with Crippen LogP contribution in [0.1, 0.15) is 16.2 Å². The molecule has 0 aliphatic heterocycles. The lowest BCUT2D eigenvalue weighted by molar-refractivity contribution is 0.0990. The molecule has 7 heteroatoms. The molecule has 2 aromatic carbocycles. The zero-order chi connectivity index (χ0) is 16.6. The molecule has 0 saturated carbocycles. The highest BCUT2D eigenvalue weighted by atomic mass is 35.5. The number of halogens is 2. The van der Waals surface area contributed by atoms with Crippen molar-refractivity contribution in [3.8, 4) is 17.1 Å². The number of hydrogen-bond donors (Lipinski definition) is 1. The summed E-state index contributed by atoms with van der Waals surface area (Å²) in [6, 6.07) is 12.5. The molecular formula is C16H12Cl2N4O. The highest BCUT2D eigenvalue weighted by molar-refractivity contribution is 6.31. The first-order valence-corrected chi connectivity index (χ1v) is 7.50. The van der Waals surface area contributed by atoms with Crippen LogP contribution in [0.4, 0.5) is 0 Å². The van der Waals surface area contributed by atoms with Gasteiger partial charge in [0.05, 0.1) is 5.69 Å². The summed E-state index contributed by atoms with van der Waals surface area (Å²) in [5.74, 6) is -0.308. The van der Waals surface area contributed by atoms with Gasteiger partial charge in [0, 0.05) is 15.6 Å². The lowest BCUT2D eigenvalue weighted by Gasteiger charge is -2.09. The predicted octanol–water partition coefficient (Wildman–Crippen LogP) is 3.65. The lowest BCUT2D eigenvalue weighted by Crippen LogP contribution is -2.13. The third kappa shape index (κ3) is 3.06. The van der Waals surface area contributed by atoms with E-state index in [0.29, 0.717) is 21.6 Å². The van der Waals surface area contributed by atoms with Crippen LogP contribution in [-0.2, 0) is 0 Å². The number of carbonyl (C=O) groups is 1. The third-order valence-corrected chi connectivity index (χ3v) is 3.78. The van der Waals surface area contributed by atoms with E-state index in [-0.39, 0.29) is 5.82 Å². The van der Waals surface area contributed by atoms with Gasteiger partial charge in [0.1, 0.15) is 0 Å². The van der Waals surface area contributed by atoms with Crippen molar-refractivity contribution in [3.63, 3.8) is 0 Å². The molecule has 0 fully saturated rings. The Hall–Kier alpha value is -2.37. The molecule has 0 atom stereocenters. The topological polar surface area (TPSA) is 73.8 Å². The summed E-state index contributed by atoms with van der Waals surface area (Å²) in [6.45, 7) is 1.92. The first-order valence-electron chi connectivity index (χ1n) is 6.75. The van der Waals surface area contributed by atoms with Crippen LogP contribution in [0.3, 0.4) is 0 Å². The van der Waals surface area contributed by atoms with Crippen molar-refractivity contribution in [2.24, 2.45) is 5.73 Å². The predicted molar refractivity (Wildman–Crippen MR) is 90.1 cm³/mol. The highest BCUT2D eigenvalue weighted by Crippen LogP contribution is 2.26. The summed E-state index contributed by atoms with van der Waals surface area (Å²) in [5, 5.41) is 5.33. The lowest BCUT2D eigenvalue weighted by atomic mass is 10.2. The number of hydrogen-bond acceptors (Lipinski definition) is 3. The van der Waals surface area contributed by atoms with Crippen molar-refractivity contribution in [1.29, 1.82) is 0 Å². The second-order valence-electron chi connectivity index (χ2n) is 4.98. The quantitative estimate of drug-likeness (QED) is 0.786. The maximum Gasteiger partial charge on any atom is 0.288 e. The summed E-state index contributed by atoms with van der Waals surface area (Å²) >= 11 is 12.1. The zero-order valence-corrected chi connectivity index (χ0v) is 13.6. The average Bonchev–Trinajstić information content (AvgIpc) is 2.95. The van der Waals surface area contributed by atoms with E-state index in [0.717, 1.165) is 11.1 Å². The Labute approximate surface area is 142 Å². The molecule has 0 aliphatic carbocycles. The number of aryl methyl sites for hydroxylation is 1. The van der Waals surface area contributed by atoms with Gasteiger partial charge in [0.2, 0.25) is 5.82 Å². The molecule has 2 N–H and O–H groups in total. The second kappa shape index (κ2) is 6.02. The number of rotatable bonds is 3. The van der Waals surface area contributed by atoms with Gasteiger partial charge in [0.15, 0.2) is 5.82 Å². The van der Waals surface area contributed by atoms with E-state index in [1.807, 2.05) is 19.1 Å². The molecule has 5 nitrogen and oxygen atoms in total. The number of carbonyl (C=O) groups excluding carboxylic acids is 1. The van der Waals surface area contributed by atoms with Crippen LogP contribution in [-0.4, -0.2) is 20.7 Å². The van der Waals surface area contributed by atoms with Crippen LogP contribution in [0, 0.1) is 6.92 Å². The van der Waals surface area contributed by atoms with E-state index in [4.69, 9.17) is 28.9 Å². The van der Waals surface area contributed by atoms with Crippen LogP contribution < -0.4 is 5.73 Å². The minimum Gasteiger partial charge on any atom is -0.363 e. The van der Waals surface area contributed by atoms with Crippen molar-refractivity contribution >= 4 is 29.1 Å². The Kier molecular flexibility index (Phi) is 4.07. The van der Waals surface area contributed by atoms with Gasteiger partial charge in [-0.25, -0.2) is 9.67 Å². The molecule has 3 aromatic rings. The van der Waals surface area contributed by atoms with Crippen molar-refractivity contribution in [2.75, 3.05) is 0 Å². The largest absolute Gasteiger partial charge is 0.363 e. The van der Waals surface area contributed by atoms with Crippen molar-refractivity contribution in [3.05, 3.63) is 63.9 Å². The third-order valence-electron chi connectivity index (χ3n) is 3.31. The molecule has 1 amide bonds. The second-order valence-corrected chi connectivity index (χ2v) is 5.85. The Morgan fingerprint density at radius 2 is 1.87 bits per heavy atom. The first-order chi connectivity index (χ1) is 11.0. The van der Waals surface area contributed by atoms with E-state index in [1.165, 1.54) is 0 Å². The SMILES string of the molecule is Cc1ccc(Cl)cc1-n1nc(C(N)=O)nc1-c1cccc(Cl)c1. The minimum absolute atomic E-state index is 0.0700. The van der Waals surface area contributed by atoms with Crippen LogP contribution in [0.15, 0.2) is 42.5 Å². The normalized spacial score (nSPS) is 10.7. The summed E-state index contributed by atoms with van der Waals surface area (Å²) in [6.07, 6.45) is 0. The van der Waals surface area contributed by atoms with Gasteiger partial charge in [-0.15, -0.1) is 5.10 Å². The molecule has 116 valence electrons. The Bertz CT molecular complexity index is 905. The molecule has 3 rings (SSSR count). The van der Waals surface area contributed by atoms with E-state index < -0.39 is 5.91 Å². The molecule has 1 aromatic heterocycles. The maximum atomic E-state index is 11.5.